The van der Waals surface area contributed by atoms with Crippen molar-refractivity contribution in [2.75, 3.05) is 51.3 Å². The van der Waals surface area contributed by atoms with Gasteiger partial charge in [0.2, 0.25) is 18.2 Å². The van der Waals surface area contributed by atoms with Crippen molar-refractivity contribution in [1.29, 1.82) is 0 Å². The van der Waals surface area contributed by atoms with Crippen molar-refractivity contribution in [3.63, 3.8) is 0 Å². The van der Waals surface area contributed by atoms with E-state index in [1.807, 2.05) is 32.9 Å². The molecule has 10 heteroatoms. The molecule has 3 saturated heterocycles. The monoisotopic (exact) mass is 506 g/mol. The summed E-state index contributed by atoms with van der Waals surface area (Å²) < 4.78 is 33.0. The lowest BCUT2D eigenvalue weighted by atomic mass is 9.79. The van der Waals surface area contributed by atoms with Crippen LogP contribution < -0.4 is 10.6 Å². The summed E-state index contributed by atoms with van der Waals surface area (Å²) in [7, 11) is 2.06. The number of hydrogen-bond donors (Lipinski definition) is 1. The molecular formula is C26H36F2N4O4. The largest absolute Gasteiger partial charge is 0.369 e. The predicted octanol–water partition coefficient (Wildman–Crippen LogP) is 2.12. The third-order valence-electron chi connectivity index (χ3n) is 7.49. The number of Topliss-reactive ketones (excluding diaryl/α,β-unsaturated/α-hetero) is 1. The number of fused-ring (bicyclic) bond motifs is 1. The fraction of sp³-hybridized carbons (Fsp3) is 0.654. The molecule has 0 saturated carbocycles. The van der Waals surface area contributed by atoms with Gasteiger partial charge >= 0.3 is 0 Å². The number of ether oxygens (including phenoxy) is 1. The Hall–Kier alpha value is -2.59. The number of primary amides is 1. The van der Waals surface area contributed by atoms with E-state index in [2.05, 4.69) is 16.8 Å². The van der Waals surface area contributed by atoms with Crippen LogP contribution in [0.3, 0.4) is 0 Å². The summed E-state index contributed by atoms with van der Waals surface area (Å²) in [5.74, 6) is -3.53. The second kappa shape index (κ2) is 10.0. The number of hydrogen-bond acceptors (Lipinski definition) is 6. The number of benzene rings is 1. The van der Waals surface area contributed by atoms with Crippen molar-refractivity contribution in [3.05, 3.63) is 29.3 Å². The van der Waals surface area contributed by atoms with Gasteiger partial charge in [0.15, 0.2) is 5.78 Å². The summed E-state index contributed by atoms with van der Waals surface area (Å²) in [6.07, 6.45) is -3.38. The maximum Gasteiger partial charge on any atom is 0.249 e. The third kappa shape index (κ3) is 5.25. The van der Waals surface area contributed by atoms with Crippen LogP contribution in [0.5, 0.6) is 0 Å². The van der Waals surface area contributed by atoms with Gasteiger partial charge in [0.05, 0.1) is 17.9 Å². The number of likely N-dealkylation sites (tertiary alicyclic amines) is 1. The summed E-state index contributed by atoms with van der Waals surface area (Å²) in [5.41, 5.74) is 6.97. The molecule has 0 unspecified atom stereocenters. The molecule has 0 aromatic heterocycles. The molecule has 4 rings (SSSR count). The van der Waals surface area contributed by atoms with Gasteiger partial charge in [-0.15, -0.1) is 0 Å². The zero-order valence-electron chi connectivity index (χ0n) is 21.4. The fourth-order valence-electron chi connectivity index (χ4n) is 5.61. The second-order valence-electron chi connectivity index (χ2n) is 11.4. The van der Waals surface area contributed by atoms with Crippen LogP contribution in [0.4, 0.5) is 14.5 Å². The number of nitrogens with two attached hydrogens (primary N) is 1. The normalized spacial score (nSPS) is 26.0. The highest BCUT2D eigenvalue weighted by Crippen LogP contribution is 2.41. The van der Waals surface area contributed by atoms with E-state index in [1.54, 1.807) is 6.07 Å². The summed E-state index contributed by atoms with van der Waals surface area (Å²) in [6, 6.07) is 4.29. The summed E-state index contributed by atoms with van der Waals surface area (Å²) >= 11 is 0. The SMILES string of the molecule is CN1CCN(c2ccc(C(N)=O)c([C@H](CC(C)(C)C)C(=O)N3C[C@H](C(F)F)[C@H]4OCC(=O)[C@H]43)c2)CC1. The molecule has 2 N–H and O–H groups in total. The first kappa shape index (κ1) is 26.5. The zero-order chi connectivity index (χ0) is 26.4. The first-order chi connectivity index (χ1) is 16.9. The Morgan fingerprint density at radius 3 is 2.42 bits per heavy atom. The van der Waals surface area contributed by atoms with E-state index in [-0.39, 0.29) is 29.9 Å². The molecule has 36 heavy (non-hydrogen) atoms. The first-order valence-corrected chi connectivity index (χ1v) is 12.5. The number of amides is 2. The molecule has 0 bridgehead atoms. The van der Waals surface area contributed by atoms with Gasteiger partial charge in [0, 0.05) is 44.0 Å². The number of nitrogens with zero attached hydrogens (tertiary/aromatic N) is 3. The Morgan fingerprint density at radius 2 is 1.83 bits per heavy atom. The molecule has 1 aromatic carbocycles. The molecule has 4 atom stereocenters. The van der Waals surface area contributed by atoms with Crippen LogP contribution in [0.1, 0.15) is 49.0 Å². The Morgan fingerprint density at radius 1 is 1.17 bits per heavy atom. The molecule has 2 amide bonds. The highest BCUT2D eigenvalue weighted by molar-refractivity contribution is 5.99. The number of alkyl halides is 2. The number of ketones is 1. The maximum absolute atomic E-state index is 14.1. The fourth-order valence-corrected chi connectivity index (χ4v) is 5.61. The van der Waals surface area contributed by atoms with Crippen LogP contribution in [0.15, 0.2) is 18.2 Å². The van der Waals surface area contributed by atoms with Crippen LogP contribution in [-0.4, -0.2) is 92.3 Å². The standard InChI is InChI=1S/C26H36F2N4O4/c1-26(2,3)12-18(25(35)32-13-19(23(27)28)22-21(32)20(33)14-36-22)17-11-15(5-6-16(17)24(29)34)31-9-7-30(4)8-10-31/h5-6,11,18-19,21-23H,7-10,12-14H2,1-4H3,(H2,29,34)/t18-,19-,21+,22+/m0/s1. The van der Waals surface area contributed by atoms with Crippen molar-refractivity contribution in [2.24, 2.45) is 17.1 Å². The zero-order valence-corrected chi connectivity index (χ0v) is 21.4. The molecule has 3 aliphatic rings. The minimum absolute atomic E-state index is 0.227. The number of piperazine rings is 1. The minimum atomic E-state index is -2.72. The van der Waals surface area contributed by atoms with Gasteiger partial charge in [0.25, 0.3) is 0 Å². The van der Waals surface area contributed by atoms with Crippen LogP contribution in [-0.2, 0) is 14.3 Å². The van der Waals surface area contributed by atoms with Crippen LogP contribution in [0.25, 0.3) is 0 Å². The molecule has 198 valence electrons. The smallest absolute Gasteiger partial charge is 0.249 e. The molecule has 0 aliphatic carbocycles. The number of rotatable bonds is 6. The quantitative estimate of drug-likeness (QED) is 0.635. The lowest BCUT2D eigenvalue weighted by Gasteiger charge is -2.35. The molecule has 3 aliphatic heterocycles. The molecule has 1 aromatic rings. The van der Waals surface area contributed by atoms with E-state index >= 15 is 0 Å². The summed E-state index contributed by atoms with van der Waals surface area (Å²) in [5, 5.41) is 0. The Balaban J connectivity index is 1.75. The predicted molar refractivity (Wildman–Crippen MR) is 131 cm³/mol. The maximum atomic E-state index is 14.1. The van der Waals surface area contributed by atoms with Crippen LogP contribution in [0.2, 0.25) is 0 Å². The average Bonchev–Trinajstić information content (AvgIpc) is 3.37. The van der Waals surface area contributed by atoms with E-state index in [4.69, 9.17) is 10.5 Å². The van der Waals surface area contributed by atoms with Crippen molar-refractivity contribution in [1.82, 2.24) is 9.80 Å². The highest BCUT2D eigenvalue weighted by Gasteiger charge is 2.56. The number of carbonyl (C=O) groups is 3. The van der Waals surface area contributed by atoms with E-state index in [0.29, 0.717) is 12.0 Å². The number of carbonyl (C=O) groups excluding carboxylic acids is 3. The van der Waals surface area contributed by atoms with Gasteiger partial charge in [-0.05, 0) is 42.6 Å². The lowest BCUT2D eigenvalue weighted by molar-refractivity contribution is -0.138. The molecule has 0 spiro atoms. The number of halogens is 2. The van der Waals surface area contributed by atoms with Crippen molar-refractivity contribution >= 4 is 23.3 Å². The third-order valence-corrected chi connectivity index (χ3v) is 7.49. The van der Waals surface area contributed by atoms with Crippen molar-refractivity contribution in [3.8, 4) is 0 Å². The minimum Gasteiger partial charge on any atom is -0.369 e. The molecular weight excluding hydrogens is 470 g/mol. The molecule has 3 heterocycles. The Bertz CT molecular complexity index is 1020. The van der Waals surface area contributed by atoms with E-state index in [9.17, 15) is 23.2 Å². The van der Waals surface area contributed by atoms with Gasteiger partial charge in [-0.25, -0.2) is 8.78 Å². The van der Waals surface area contributed by atoms with Gasteiger partial charge in [-0.2, -0.15) is 0 Å². The Labute approximate surface area is 210 Å². The topological polar surface area (TPSA) is 96.2 Å². The molecule has 3 fully saturated rings. The van der Waals surface area contributed by atoms with Crippen molar-refractivity contribution < 1.29 is 27.9 Å². The van der Waals surface area contributed by atoms with Gasteiger partial charge in [-0.1, -0.05) is 20.8 Å². The second-order valence-corrected chi connectivity index (χ2v) is 11.4. The lowest BCUT2D eigenvalue weighted by Crippen LogP contribution is -2.45. The van der Waals surface area contributed by atoms with Gasteiger partial charge < -0.3 is 25.2 Å². The van der Waals surface area contributed by atoms with Crippen LogP contribution in [0, 0.1) is 11.3 Å². The average molecular weight is 507 g/mol. The van der Waals surface area contributed by atoms with E-state index in [1.165, 1.54) is 4.90 Å². The highest BCUT2D eigenvalue weighted by atomic mass is 19.3. The van der Waals surface area contributed by atoms with Crippen LogP contribution >= 0.6 is 0 Å². The van der Waals surface area contributed by atoms with Gasteiger partial charge in [0.1, 0.15) is 12.6 Å². The number of anilines is 1. The van der Waals surface area contributed by atoms with Crippen molar-refractivity contribution in [2.45, 2.75) is 51.7 Å². The van der Waals surface area contributed by atoms with Gasteiger partial charge in [-0.3, -0.25) is 14.4 Å². The first-order valence-electron chi connectivity index (χ1n) is 12.5. The number of likely N-dealkylation sites (N-methyl/N-ethyl adjacent to an activating group) is 1. The molecule has 8 nitrogen and oxygen atoms in total. The van der Waals surface area contributed by atoms with E-state index in [0.717, 1.165) is 31.9 Å². The Kier molecular flexibility index (Phi) is 7.39. The van der Waals surface area contributed by atoms with E-state index < -0.39 is 42.2 Å². The molecule has 0 radical (unpaired) electrons. The summed E-state index contributed by atoms with van der Waals surface area (Å²) in [6.45, 7) is 8.72. The summed E-state index contributed by atoms with van der Waals surface area (Å²) in [4.78, 5) is 44.8.